The van der Waals surface area contributed by atoms with Crippen molar-refractivity contribution in [1.29, 1.82) is 0 Å². The maximum Gasteiger partial charge on any atom is 0.356 e. The maximum atomic E-state index is 10.9. The molecule has 0 fully saturated rings. The van der Waals surface area contributed by atoms with Gasteiger partial charge in [0, 0.05) is 11.1 Å². The normalized spacial score (nSPS) is 10.5. The lowest BCUT2D eigenvalue weighted by Crippen LogP contribution is -2.04. The Morgan fingerprint density at radius 1 is 1.14 bits per heavy atom. The van der Waals surface area contributed by atoms with Crippen LogP contribution in [0.4, 0.5) is 11.5 Å². The fourth-order valence-electron chi connectivity index (χ4n) is 2.01. The zero-order chi connectivity index (χ0) is 14.8. The SMILES string of the molecule is Cc1ccc2cccc(Nc3cncc(C(=O)O)n3)c2n1. The number of aromatic carboxylic acids is 1. The van der Waals surface area contributed by atoms with E-state index in [1.165, 1.54) is 12.4 Å². The number of fused-ring (bicyclic) bond motifs is 1. The lowest BCUT2D eigenvalue weighted by Gasteiger charge is -2.09. The van der Waals surface area contributed by atoms with Crippen LogP contribution in [-0.4, -0.2) is 26.0 Å². The molecule has 3 aromatic rings. The molecule has 2 N–H and O–H groups in total. The predicted octanol–water partition coefficient (Wildman–Crippen LogP) is 2.78. The molecule has 1 aromatic carbocycles. The molecule has 0 radical (unpaired) electrons. The van der Waals surface area contributed by atoms with Crippen molar-refractivity contribution in [2.45, 2.75) is 6.92 Å². The molecule has 3 rings (SSSR count). The minimum Gasteiger partial charge on any atom is -0.476 e. The fraction of sp³-hybridized carbons (Fsp3) is 0.0667. The van der Waals surface area contributed by atoms with Crippen LogP contribution < -0.4 is 5.32 Å². The van der Waals surface area contributed by atoms with Gasteiger partial charge in [-0.3, -0.25) is 9.97 Å². The van der Waals surface area contributed by atoms with E-state index < -0.39 is 5.97 Å². The average Bonchev–Trinajstić information content (AvgIpc) is 2.48. The van der Waals surface area contributed by atoms with Gasteiger partial charge in [-0.25, -0.2) is 9.78 Å². The van der Waals surface area contributed by atoms with E-state index in [2.05, 4.69) is 20.3 Å². The summed E-state index contributed by atoms with van der Waals surface area (Å²) >= 11 is 0. The molecule has 0 aliphatic heterocycles. The van der Waals surface area contributed by atoms with Crippen LogP contribution in [0.3, 0.4) is 0 Å². The van der Waals surface area contributed by atoms with E-state index in [-0.39, 0.29) is 5.69 Å². The average molecular weight is 280 g/mol. The van der Waals surface area contributed by atoms with E-state index in [0.29, 0.717) is 5.82 Å². The third kappa shape index (κ3) is 2.64. The Bertz CT molecular complexity index is 833. The van der Waals surface area contributed by atoms with Gasteiger partial charge in [-0.05, 0) is 19.1 Å². The summed E-state index contributed by atoms with van der Waals surface area (Å²) in [6, 6.07) is 9.66. The number of carboxylic acid groups (broad SMARTS) is 1. The molecule has 2 aromatic heterocycles. The Labute approximate surface area is 120 Å². The van der Waals surface area contributed by atoms with Crippen LogP contribution in [0.2, 0.25) is 0 Å². The number of anilines is 2. The number of aryl methyl sites for hydroxylation is 1. The molecule has 6 heteroatoms. The van der Waals surface area contributed by atoms with Gasteiger partial charge in [0.15, 0.2) is 5.69 Å². The molecule has 6 nitrogen and oxygen atoms in total. The van der Waals surface area contributed by atoms with Crippen LogP contribution >= 0.6 is 0 Å². The van der Waals surface area contributed by atoms with Crippen LogP contribution in [0.1, 0.15) is 16.2 Å². The third-order valence-electron chi connectivity index (χ3n) is 2.98. The first-order chi connectivity index (χ1) is 10.1. The van der Waals surface area contributed by atoms with Crippen molar-refractivity contribution in [2.75, 3.05) is 5.32 Å². The Kier molecular flexibility index (Phi) is 3.19. The molecule has 0 saturated carbocycles. The largest absolute Gasteiger partial charge is 0.476 e. The number of hydrogen-bond donors (Lipinski definition) is 2. The zero-order valence-corrected chi connectivity index (χ0v) is 11.2. The molecular weight excluding hydrogens is 268 g/mol. The van der Waals surface area contributed by atoms with Crippen LogP contribution in [0, 0.1) is 6.92 Å². The number of hydrogen-bond acceptors (Lipinski definition) is 5. The fourth-order valence-corrected chi connectivity index (χ4v) is 2.01. The molecule has 0 aliphatic rings. The Morgan fingerprint density at radius 3 is 2.81 bits per heavy atom. The van der Waals surface area contributed by atoms with Crippen molar-refractivity contribution in [1.82, 2.24) is 15.0 Å². The van der Waals surface area contributed by atoms with Crippen LogP contribution in [0.5, 0.6) is 0 Å². The van der Waals surface area contributed by atoms with E-state index >= 15 is 0 Å². The minimum absolute atomic E-state index is 0.107. The Morgan fingerprint density at radius 2 is 2.00 bits per heavy atom. The smallest absolute Gasteiger partial charge is 0.356 e. The quantitative estimate of drug-likeness (QED) is 0.767. The molecule has 2 heterocycles. The van der Waals surface area contributed by atoms with Gasteiger partial charge in [-0.1, -0.05) is 18.2 Å². The number of aromatic nitrogens is 3. The highest BCUT2D eigenvalue weighted by Crippen LogP contribution is 2.24. The Balaban J connectivity index is 2.04. The highest BCUT2D eigenvalue weighted by atomic mass is 16.4. The Hall–Kier alpha value is -3.02. The van der Waals surface area contributed by atoms with E-state index in [1.54, 1.807) is 0 Å². The molecule has 0 spiro atoms. The van der Waals surface area contributed by atoms with Crippen molar-refractivity contribution >= 4 is 28.4 Å². The third-order valence-corrected chi connectivity index (χ3v) is 2.98. The number of carbonyl (C=O) groups is 1. The molecule has 0 saturated heterocycles. The number of pyridine rings is 1. The maximum absolute atomic E-state index is 10.9. The van der Waals surface area contributed by atoms with E-state index in [0.717, 1.165) is 22.3 Å². The molecule has 0 atom stereocenters. The number of nitrogens with one attached hydrogen (secondary N) is 1. The summed E-state index contributed by atoms with van der Waals surface area (Å²) in [5.41, 5.74) is 2.36. The van der Waals surface area contributed by atoms with Crippen LogP contribution in [0.15, 0.2) is 42.7 Å². The molecule has 0 amide bonds. The summed E-state index contributed by atoms with van der Waals surface area (Å²) in [6.07, 6.45) is 2.68. The number of benzene rings is 1. The van der Waals surface area contributed by atoms with Gasteiger partial charge in [-0.2, -0.15) is 0 Å². The molecule has 104 valence electrons. The van der Waals surface area contributed by atoms with Gasteiger partial charge in [0.25, 0.3) is 0 Å². The summed E-state index contributed by atoms with van der Waals surface area (Å²) in [6.45, 7) is 1.92. The molecule has 0 bridgehead atoms. The summed E-state index contributed by atoms with van der Waals surface area (Å²) in [4.78, 5) is 23.3. The zero-order valence-electron chi connectivity index (χ0n) is 11.2. The molecule has 0 aliphatic carbocycles. The van der Waals surface area contributed by atoms with Crippen molar-refractivity contribution in [3.63, 3.8) is 0 Å². The van der Waals surface area contributed by atoms with Crippen molar-refractivity contribution < 1.29 is 9.90 Å². The van der Waals surface area contributed by atoms with Gasteiger partial charge in [0.2, 0.25) is 0 Å². The second-order valence-electron chi connectivity index (χ2n) is 4.55. The van der Waals surface area contributed by atoms with Crippen molar-refractivity contribution in [3.8, 4) is 0 Å². The summed E-state index contributed by atoms with van der Waals surface area (Å²) in [7, 11) is 0. The van der Waals surface area contributed by atoms with Gasteiger partial charge in [0.05, 0.1) is 23.6 Å². The summed E-state index contributed by atoms with van der Waals surface area (Å²) < 4.78 is 0. The topological polar surface area (TPSA) is 88.0 Å². The monoisotopic (exact) mass is 280 g/mol. The predicted molar refractivity (Wildman–Crippen MR) is 78.8 cm³/mol. The second kappa shape index (κ2) is 5.16. The first kappa shape index (κ1) is 13.0. The number of carboxylic acids is 1. The highest BCUT2D eigenvalue weighted by molar-refractivity contribution is 5.92. The number of para-hydroxylation sites is 1. The van der Waals surface area contributed by atoms with Crippen LogP contribution in [-0.2, 0) is 0 Å². The minimum atomic E-state index is -1.11. The van der Waals surface area contributed by atoms with Gasteiger partial charge >= 0.3 is 5.97 Å². The van der Waals surface area contributed by atoms with Gasteiger partial charge in [-0.15, -0.1) is 0 Å². The number of rotatable bonds is 3. The first-order valence-electron chi connectivity index (χ1n) is 6.32. The second-order valence-corrected chi connectivity index (χ2v) is 4.55. The number of nitrogens with zero attached hydrogens (tertiary/aromatic N) is 3. The molecule has 0 unspecified atom stereocenters. The van der Waals surface area contributed by atoms with Crippen LogP contribution in [0.25, 0.3) is 10.9 Å². The lowest BCUT2D eigenvalue weighted by molar-refractivity contribution is 0.0690. The highest BCUT2D eigenvalue weighted by Gasteiger charge is 2.08. The van der Waals surface area contributed by atoms with E-state index in [1.807, 2.05) is 37.3 Å². The van der Waals surface area contributed by atoms with E-state index in [9.17, 15) is 4.79 Å². The first-order valence-corrected chi connectivity index (χ1v) is 6.32. The molecule has 21 heavy (non-hydrogen) atoms. The van der Waals surface area contributed by atoms with E-state index in [4.69, 9.17) is 5.11 Å². The molecular formula is C15H12N4O2. The van der Waals surface area contributed by atoms with Gasteiger partial charge < -0.3 is 10.4 Å². The van der Waals surface area contributed by atoms with Crippen molar-refractivity contribution in [2.24, 2.45) is 0 Å². The summed E-state index contributed by atoms with van der Waals surface area (Å²) in [5, 5.41) is 13.0. The van der Waals surface area contributed by atoms with Gasteiger partial charge in [0.1, 0.15) is 5.82 Å². The van der Waals surface area contributed by atoms with Crippen molar-refractivity contribution in [3.05, 3.63) is 54.1 Å². The summed E-state index contributed by atoms with van der Waals surface area (Å²) in [5.74, 6) is -0.747. The standard InChI is InChI=1S/C15H12N4O2/c1-9-5-6-10-3-2-4-11(14(10)17-9)18-13-8-16-7-12(19-13)15(20)21/h2-8H,1H3,(H,18,19)(H,20,21). The lowest BCUT2D eigenvalue weighted by atomic mass is 10.2.